The molecule has 1 atom stereocenters. The van der Waals surface area contributed by atoms with E-state index in [1.165, 1.54) is 5.57 Å². The Hall–Kier alpha value is -0.860. The van der Waals surface area contributed by atoms with Crippen LogP contribution in [-0.4, -0.2) is 22.4 Å². The number of hydrogen-bond acceptors (Lipinski definition) is 2. The van der Waals surface area contributed by atoms with Crippen molar-refractivity contribution in [1.29, 1.82) is 0 Å². The summed E-state index contributed by atoms with van der Waals surface area (Å²) >= 11 is 0. The average Bonchev–Trinajstić information content (AvgIpc) is 2.28. The molecule has 0 aromatic rings. The number of allylic oxidation sites excluding steroid dienone is 3. The Bertz CT molecular complexity index is 285. The zero-order chi connectivity index (χ0) is 13.3. The summed E-state index contributed by atoms with van der Waals surface area (Å²) in [5.74, 6) is 0. The molecular weight excluding hydrogens is 212 g/mol. The van der Waals surface area contributed by atoms with Gasteiger partial charge >= 0.3 is 0 Å². The second-order valence-corrected chi connectivity index (χ2v) is 4.90. The average molecular weight is 238 g/mol. The van der Waals surface area contributed by atoms with Crippen molar-refractivity contribution in [3.8, 4) is 0 Å². The van der Waals surface area contributed by atoms with E-state index in [1.807, 2.05) is 6.92 Å². The Kier molecular flexibility index (Phi) is 7.85. The van der Waals surface area contributed by atoms with Crippen molar-refractivity contribution in [2.24, 2.45) is 0 Å². The first-order chi connectivity index (χ1) is 7.91. The van der Waals surface area contributed by atoms with E-state index in [1.54, 1.807) is 13.0 Å². The second-order valence-electron chi connectivity index (χ2n) is 4.90. The van der Waals surface area contributed by atoms with Crippen LogP contribution in [0.15, 0.2) is 36.0 Å². The van der Waals surface area contributed by atoms with E-state index in [-0.39, 0.29) is 6.61 Å². The smallest absolute Gasteiger partial charge is 0.0800 e. The molecule has 0 aliphatic rings. The molecular formula is C15H26O2. The third kappa shape index (κ3) is 8.90. The minimum absolute atomic E-state index is 0.144. The Morgan fingerprint density at radius 1 is 1.18 bits per heavy atom. The Morgan fingerprint density at radius 2 is 1.76 bits per heavy atom. The van der Waals surface area contributed by atoms with Crippen molar-refractivity contribution in [3.05, 3.63) is 36.0 Å². The normalized spacial score (nSPS) is 16.8. The molecule has 0 spiro atoms. The van der Waals surface area contributed by atoms with Crippen LogP contribution in [0, 0.1) is 0 Å². The van der Waals surface area contributed by atoms with Crippen LogP contribution in [-0.2, 0) is 0 Å². The largest absolute Gasteiger partial charge is 0.392 e. The molecule has 0 radical (unpaired) electrons. The summed E-state index contributed by atoms with van der Waals surface area (Å²) in [6.07, 6.45) is 9.37. The van der Waals surface area contributed by atoms with Crippen LogP contribution >= 0.6 is 0 Å². The summed E-state index contributed by atoms with van der Waals surface area (Å²) in [5, 5.41) is 18.6. The van der Waals surface area contributed by atoms with Gasteiger partial charge in [0.15, 0.2) is 0 Å². The van der Waals surface area contributed by atoms with Gasteiger partial charge < -0.3 is 10.2 Å². The van der Waals surface area contributed by atoms with Gasteiger partial charge in [-0.3, -0.25) is 0 Å². The molecule has 17 heavy (non-hydrogen) atoms. The third-order valence-electron chi connectivity index (χ3n) is 2.86. The summed E-state index contributed by atoms with van der Waals surface area (Å²) in [6.45, 7) is 9.56. The zero-order valence-corrected chi connectivity index (χ0v) is 11.4. The Morgan fingerprint density at radius 3 is 2.29 bits per heavy atom. The van der Waals surface area contributed by atoms with Crippen LogP contribution < -0.4 is 0 Å². The predicted molar refractivity (Wildman–Crippen MR) is 73.9 cm³/mol. The van der Waals surface area contributed by atoms with Crippen LogP contribution in [0.5, 0.6) is 0 Å². The zero-order valence-electron chi connectivity index (χ0n) is 11.4. The molecule has 0 bridgehead atoms. The molecule has 0 rings (SSSR count). The van der Waals surface area contributed by atoms with Crippen LogP contribution in [0.1, 0.15) is 46.5 Å². The lowest BCUT2D eigenvalue weighted by atomic mass is 9.99. The summed E-state index contributed by atoms with van der Waals surface area (Å²) in [6, 6.07) is 0. The van der Waals surface area contributed by atoms with Crippen LogP contribution in [0.2, 0.25) is 0 Å². The lowest BCUT2D eigenvalue weighted by Gasteiger charge is -2.16. The highest BCUT2D eigenvalue weighted by Crippen LogP contribution is 2.15. The fourth-order valence-electron chi connectivity index (χ4n) is 1.43. The quantitative estimate of drug-likeness (QED) is 0.636. The molecule has 2 heteroatoms. The van der Waals surface area contributed by atoms with E-state index >= 15 is 0 Å². The highest BCUT2D eigenvalue weighted by Gasteiger charge is 2.13. The van der Waals surface area contributed by atoms with Gasteiger partial charge in [-0.1, -0.05) is 29.4 Å². The molecule has 2 nitrogen and oxygen atoms in total. The molecule has 2 N–H and O–H groups in total. The van der Waals surface area contributed by atoms with Gasteiger partial charge in [0, 0.05) is 0 Å². The minimum atomic E-state index is -0.760. The molecule has 0 fully saturated rings. The number of aliphatic hydroxyl groups is 2. The Labute approximate surface area is 105 Å². The molecule has 0 aromatic heterocycles. The fraction of sp³-hybridized carbons (Fsp3) is 0.600. The topological polar surface area (TPSA) is 40.5 Å². The second kappa shape index (κ2) is 8.26. The van der Waals surface area contributed by atoms with Crippen molar-refractivity contribution in [2.45, 2.75) is 52.1 Å². The fourth-order valence-corrected chi connectivity index (χ4v) is 1.43. The maximum atomic E-state index is 9.73. The summed E-state index contributed by atoms with van der Waals surface area (Å²) < 4.78 is 0. The first-order valence-electron chi connectivity index (χ1n) is 6.19. The van der Waals surface area contributed by atoms with Crippen LogP contribution in [0.3, 0.4) is 0 Å². The van der Waals surface area contributed by atoms with E-state index < -0.39 is 5.60 Å². The van der Waals surface area contributed by atoms with Gasteiger partial charge in [0.1, 0.15) is 0 Å². The summed E-state index contributed by atoms with van der Waals surface area (Å²) in [5.41, 5.74) is 1.59. The van der Waals surface area contributed by atoms with Gasteiger partial charge in [-0.2, -0.15) is 0 Å². The first-order valence-corrected chi connectivity index (χ1v) is 6.19. The van der Waals surface area contributed by atoms with E-state index in [4.69, 9.17) is 5.11 Å². The van der Waals surface area contributed by atoms with Gasteiger partial charge in [0.2, 0.25) is 0 Å². The van der Waals surface area contributed by atoms with Gasteiger partial charge in [0.25, 0.3) is 0 Å². The summed E-state index contributed by atoms with van der Waals surface area (Å²) in [4.78, 5) is 0. The lowest BCUT2D eigenvalue weighted by molar-refractivity contribution is 0.103. The molecule has 0 aliphatic heterocycles. The van der Waals surface area contributed by atoms with Crippen molar-refractivity contribution < 1.29 is 10.2 Å². The minimum Gasteiger partial charge on any atom is -0.392 e. The van der Waals surface area contributed by atoms with Crippen LogP contribution in [0.4, 0.5) is 0 Å². The highest BCUT2D eigenvalue weighted by atomic mass is 16.3. The van der Waals surface area contributed by atoms with Crippen LogP contribution in [0.25, 0.3) is 0 Å². The molecule has 0 saturated heterocycles. The molecule has 1 unspecified atom stereocenters. The van der Waals surface area contributed by atoms with Gasteiger partial charge in [-0.25, -0.2) is 0 Å². The maximum absolute atomic E-state index is 9.73. The monoisotopic (exact) mass is 238 g/mol. The Balaban J connectivity index is 3.91. The molecule has 98 valence electrons. The van der Waals surface area contributed by atoms with E-state index in [0.29, 0.717) is 6.42 Å². The molecule has 0 aliphatic carbocycles. The third-order valence-corrected chi connectivity index (χ3v) is 2.86. The predicted octanol–water partition coefficient (Wildman–Crippen LogP) is 3.37. The number of hydrogen-bond donors (Lipinski definition) is 2. The molecule has 0 heterocycles. The van der Waals surface area contributed by atoms with E-state index in [2.05, 4.69) is 25.7 Å². The van der Waals surface area contributed by atoms with Gasteiger partial charge in [-0.05, 0) is 46.5 Å². The van der Waals surface area contributed by atoms with Crippen molar-refractivity contribution in [2.75, 3.05) is 6.61 Å². The number of rotatable bonds is 8. The SMILES string of the molecule is C=CC(C)(O)CC/C=C(\C)CC/C=C(\C)CO. The van der Waals surface area contributed by atoms with Crippen molar-refractivity contribution >= 4 is 0 Å². The summed E-state index contributed by atoms with van der Waals surface area (Å²) in [7, 11) is 0. The van der Waals surface area contributed by atoms with Gasteiger partial charge in [-0.15, -0.1) is 6.58 Å². The van der Waals surface area contributed by atoms with E-state index in [9.17, 15) is 5.11 Å². The van der Waals surface area contributed by atoms with Crippen molar-refractivity contribution in [1.82, 2.24) is 0 Å². The van der Waals surface area contributed by atoms with E-state index in [0.717, 1.165) is 24.8 Å². The maximum Gasteiger partial charge on any atom is 0.0800 e. The standard InChI is InChI=1S/C15H26O2/c1-5-15(4,17)11-7-10-13(2)8-6-9-14(3)12-16/h5,9-10,16-17H,1,6-8,11-12H2,2-4H3/b13-10+,14-9+. The number of aliphatic hydroxyl groups excluding tert-OH is 1. The van der Waals surface area contributed by atoms with Gasteiger partial charge in [0.05, 0.1) is 12.2 Å². The molecule has 0 amide bonds. The lowest BCUT2D eigenvalue weighted by Crippen LogP contribution is -2.19. The molecule has 0 saturated carbocycles. The highest BCUT2D eigenvalue weighted by molar-refractivity contribution is 5.04. The first kappa shape index (κ1) is 16.1. The van der Waals surface area contributed by atoms with Crippen molar-refractivity contribution in [3.63, 3.8) is 0 Å². The molecule has 0 aromatic carbocycles.